The van der Waals surface area contributed by atoms with Gasteiger partial charge in [0.25, 0.3) is 0 Å². The molecule has 4 N–H and O–H groups in total. The van der Waals surface area contributed by atoms with Crippen LogP contribution < -0.4 is 16.6 Å². The summed E-state index contributed by atoms with van der Waals surface area (Å²) in [5.41, 5.74) is 3.50. The Kier molecular flexibility index (Phi) is 3.73. The van der Waals surface area contributed by atoms with Gasteiger partial charge in [-0.3, -0.25) is 0 Å². The molecule has 0 fully saturated rings. The molecule has 0 bridgehead atoms. The van der Waals surface area contributed by atoms with E-state index in [0.29, 0.717) is 27.4 Å². The van der Waals surface area contributed by atoms with Crippen molar-refractivity contribution in [1.82, 2.24) is 9.97 Å². The van der Waals surface area contributed by atoms with Crippen LogP contribution >= 0.6 is 15.9 Å². The minimum Gasteiger partial charge on any atom is -0.337 e. The number of aromatic nitrogens is 2. The number of anilines is 3. The van der Waals surface area contributed by atoms with E-state index in [4.69, 9.17) is 5.84 Å². The number of nitrogens with one attached hydrogen (secondary N) is 2. The highest BCUT2D eigenvalue weighted by Crippen LogP contribution is 2.25. The van der Waals surface area contributed by atoms with Crippen molar-refractivity contribution in [3.63, 3.8) is 0 Å². The molecule has 0 aliphatic carbocycles. The average molecular weight is 312 g/mol. The molecule has 2 rings (SSSR count). The second-order valence-corrected chi connectivity index (χ2v) is 4.51. The number of nitrogen functional groups attached to an aromatic ring is 1. The highest BCUT2D eigenvalue weighted by molar-refractivity contribution is 9.10. The van der Waals surface area contributed by atoms with E-state index in [1.54, 1.807) is 19.1 Å². The Morgan fingerprint density at radius 2 is 2.00 bits per heavy atom. The molecule has 0 saturated carbocycles. The zero-order valence-electron chi connectivity index (χ0n) is 9.54. The van der Waals surface area contributed by atoms with Crippen molar-refractivity contribution in [3.8, 4) is 0 Å². The van der Waals surface area contributed by atoms with Crippen molar-refractivity contribution in [1.29, 1.82) is 0 Å². The predicted octanol–water partition coefficient (Wildman–Crippen LogP) is 2.72. The molecule has 0 spiro atoms. The number of hydrogen-bond donors (Lipinski definition) is 3. The number of nitrogens with two attached hydrogens (primary N) is 1. The molecule has 2 aromatic rings. The van der Waals surface area contributed by atoms with Crippen molar-refractivity contribution in [3.05, 3.63) is 40.4 Å². The van der Waals surface area contributed by atoms with Gasteiger partial charge in [-0.25, -0.2) is 20.2 Å². The Morgan fingerprint density at radius 1 is 1.28 bits per heavy atom. The number of rotatable bonds is 3. The van der Waals surface area contributed by atoms with Crippen LogP contribution in [0.5, 0.6) is 0 Å². The summed E-state index contributed by atoms with van der Waals surface area (Å²) in [5.74, 6) is 5.93. The summed E-state index contributed by atoms with van der Waals surface area (Å²) in [6.07, 6.45) is 1.35. The van der Waals surface area contributed by atoms with Gasteiger partial charge in [-0.15, -0.1) is 0 Å². The lowest BCUT2D eigenvalue weighted by atomic mass is 10.2. The van der Waals surface area contributed by atoms with E-state index in [2.05, 4.69) is 36.6 Å². The van der Waals surface area contributed by atoms with Crippen LogP contribution in [0.1, 0.15) is 5.56 Å². The maximum atomic E-state index is 13.7. The summed E-state index contributed by atoms with van der Waals surface area (Å²) in [6.45, 7) is 1.79. The van der Waals surface area contributed by atoms with E-state index >= 15 is 0 Å². The lowest BCUT2D eigenvalue weighted by Gasteiger charge is -2.11. The van der Waals surface area contributed by atoms with Gasteiger partial charge in [-0.1, -0.05) is 15.9 Å². The Labute approximate surface area is 112 Å². The quantitative estimate of drug-likeness (QED) is 0.600. The third-order valence-electron chi connectivity index (χ3n) is 2.41. The summed E-state index contributed by atoms with van der Waals surface area (Å²) in [6, 6.07) is 4.74. The van der Waals surface area contributed by atoms with Crippen LogP contribution in [0.3, 0.4) is 0 Å². The van der Waals surface area contributed by atoms with Crippen LogP contribution in [0.25, 0.3) is 0 Å². The van der Waals surface area contributed by atoms with Gasteiger partial charge >= 0.3 is 0 Å². The normalized spacial score (nSPS) is 10.2. The van der Waals surface area contributed by atoms with Crippen molar-refractivity contribution >= 4 is 33.3 Å². The molecule has 0 saturated heterocycles. The standard InChI is InChI=1S/C11H11BrFN5/c1-6-10(15-5-16-11(6)18-14)17-9-3-2-7(12)4-8(9)13/h2-5H,14H2,1H3,(H2,15,16,17,18). The fourth-order valence-electron chi connectivity index (χ4n) is 1.44. The van der Waals surface area contributed by atoms with Crippen LogP contribution in [-0.4, -0.2) is 9.97 Å². The highest BCUT2D eigenvalue weighted by atomic mass is 79.9. The fraction of sp³-hybridized carbons (Fsp3) is 0.0909. The molecular formula is C11H11BrFN5. The molecule has 7 heteroatoms. The molecular weight excluding hydrogens is 301 g/mol. The largest absolute Gasteiger partial charge is 0.337 e. The van der Waals surface area contributed by atoms with Crippen molar-refractivity contribution < 1.29 is 4.39 Å². The number of hydrazine groups is 1. The molecule has 0 aliphatic heterocycles. The van der Waals surface area contributed by atoms with Crippen molar-refractivity contribution in [2.24, 2.45) is 5.84 Å². The molecule has 94 valence electrons. The summed E-state index contributed by atoms with van der Waals surface area (Å²) >= 11 is 3.20. The zero-order chi connectivity index (χ0) is 13.1. The first kappa shape index (κ1) is 12.7. The number of halogens is 2. The molecule has 0 radical (unpaired) electrons. The van der Waals surface area contributed by atoms with Gasteiger partial charge in [0.2, 0.25) is 0 Å². The van der Waals surface area contributed by atoms with Crippen LogP contribution in [-0.2, 0) is 0 Å². The monoisotopic (exact) mass is 311 g/mol. The lowest BCUT2D eigenvalue weighted by Crippen LogP contribution is -2.11. The predicted molar refractivity (Wildman–Crippen MR) is 72.0 cm³/mol. The first-order chi connectivity index (χ1) is 8.61. The van der Waals surface area contributed by atoms with Gasteiger partial charge in [0.15, 0.2) is 0 Å². The SMILES string of the molecule is Cc1c(NN)ncnc1Nc1ccc(Br)cc1F. The molecule has 0 aliphatic rings. The van der Waals surface area contributed by atoms with Gasteiger partial charge < -0.3 is 10.7 Å². The molecule has 1 aromatic carbocycles. The van der Waals surface area contributed by atoms with Gasteiger partial charge in [0.05, 0.1) is 5.69 Å². The Morgan fingerprint density at radius 3 is 2.67 bits per heavy atom. The second kappa shape index (κ2) is 5.28. The van der Waals surface area contributed by atoms with E-state index in [-0.39, 0.29) is 5.82 Å². The van der Waals surface area contributed by atoms with Crippen molar-refractivity contribution in [2.75, 3.05) is 10.7 Å². The summed E-state index contributed by atoms with van der Waals surface area (Å²) < 4.78 is 14.3. The lowest BCUT2D eigenvalue weighted by molar-refractivity contribution is 0.631. The fourth-order valence-corrected chi connectivity index (χ4v) is 1.77. The molecule has 0 unspecified atom stereocenters. The van der Waals surface area contributed by atoms with E-state index in [0.717, 1.165) is 0 Å². The first-order valence-corrected chi connectivity index (χ1v) is 5.91. The van der Waals surface area contributed by atoms with E-state index < -0.39 is 0 Å². The average Bonchev–Trinajstić information content (AvgIpc) is 2.35. The van der Waals surface area contributed by atoms with E-state index in [9.17, 15) is 4.39 Å². The highest BCUT2D eigenvalue weighted by Gasteiger charge is 2.08. The van der Waals surface area contributed by atoms with Gasteiger partial charge in [0.1, 0.15) is 23.8 Å². The zero-order valence-corrected chi connectivity index (χ0v) is 11.1. The second-order valence-electron chi connectivity index (χ2n) is 3.59. The number of benzene rings is 1. The van der Waals surface area contributed by atoms with Crippen molar-refractivity contribution in [2.45, 2.75) is 6.92 Å². The molecule has 1 aromatic heterocycles. The van der Waals surface area contributed by atoms with Gasteiger partial charge in [0, 0.05) is 10.0 Å². The minimum absolute atomic E-state index is 0.336. The Balaban J connectivity index is 2.34. The van der Waals surface area contributed by atoms with Crippen LogP contribution in [0.2, 0.25) is 0 Å². The van der Waals surface area contributed by atoms with Gasteiger partial charge in [-0.2, -0.15) is 0 Å². The molecule has 1 heterocycles. The van der Waals surface area contributed by atoms with E-state index in [1.165, 1.54) is 12.4 Å². The summed E-state index contributed by atoms with van der Waals surface area (Å²) in [5, 5.41) is 2.90. The molecule has 0 amide bonds. The van der Waals surface area contributed by atoms with Gasteiger partial charge in [-0.05, 0) is 25.1 Å². The summed E-state index contributed by atoms with van der Waals surface area (Å²) in [7, 11) is 0. The molecule has 5 nitrogen and oxygen atoms in total. The number of nitrogens with zero attached hydrogens (tertiary/aromatic N) is 2. The van der Waals surface area contributed by atoms with E-state index in [1.807, 2.05) is 0 Å². The molecule has 0 atom stereocenters. The topological polar surface area (TPSA) is 75.9 Å². The van der Waals surface area contributed by atoms with Crippen LogP contribution in [0.4, 0.5) is 21.7 Å². The number of hydrogen-bond acceptors (Lipinski definition) is 5. The van der Waals surface area contributed by atoms with Crippen LogP contribution in [0, 0.1) is 12.7 Å². The Hall–Kier alpha value is -1.73. The minimum atomic E-state index is -0.371. The third kappa shape index (κ3) is 2.57. The maximum Gasteiger partial charge on any atom is 0.148 e. The van der Waals surface area contributed by atoms with Crippen LogP contribution in [0.15, 0.2) is 29.0 Å². The Bertz CT molecular complexity index is 575. The molecule has 18 heavy (non-hydrogen) atoms. The maximum absolute atomic E-state index is 13.7. The summed E-state index contributed by atoms with van der Waals surface area (Å²) in [4.78, 5) is 8.00. The first-order valence-electron chi connectivity index (χ1n) is 5.12. The smallest absolute Gasteiger partial charge is 0.148 e. The third-order valence-corrected chi connectivity index (χ3v) is 2.90.